The highest BCUT2D eigenvalue weighted by Gasteiger charge is 2.14. The van der Waals surface area contributed by atoms with Gasteiger partial charge in [0, 0.05) is 16.3 Å². The molecule has 1 N–H and O–H groups in total. The lowest BCUT2D eigenvalue weighted by Gasteiger charge is -2.08. The van der Waals surface area contributed by atoms with Crippen LogP contribution in [0, 0.1) is 0 Å². The molecule has 1 aliphatic carbocycles. The molecule has 0 radical (unpaired) electrons. The second-order valence-corrected chi connectivity index (χ2v) is 7.13. The molecule has 0 atom stereocenters. The second-order valence-electron chi connectivity index (χ2n) is 6.70. The first kappa shape index (κ1) is 19.1. The van der Waals surface area contributed by atoms with Crippen LogP contribution < -0.4 is 5.32 Å². The summed E-state index contributed by atoms with van der Waals surface area (Å²) in [5, 5.41) is 15.2. The smallest absolute Gasteiger partial charge is 0.330 e. The first-order chi connectivity index (χ1) is 14.1. The predicted octanol–water partition coefficient (Wildman–Crippen LogP) is 2.66. The van der Waals surface area contributed by atoms with E-state index < -0.39 is 11.9 Å². The molecule has 2 aromatic carbocycles. The summed E-state index contributed by atoms with van der Waals surface area (Å²) in [5.74, 6) is -0.664. The molecule has 0 saturated carbocycles. The Morgan fingerprint density at radius 2 is 1.90 bits per heavy atom. The number of halogens is 1. The number of esters is 1. The highest BCUT2D eigenvalue weighted by molar-refractivity contribution is 6.30. The monoisotopic (exact) mass is 411 g/mol. The number of amides is 1. The lowest BCUT2D eigenvalue weighted by atomic mass is 10.1. The lowest BCUT2D eigenvalue weighted by molar-refractivity contribution is -0.148. The Labute approximate surface area is 171 Å². The van der Waals surface area contributed by atoms with Gasteiger partial charge < -0.3 is 10.1 Å². The van der Waals surface area contributed by atoms with Crippen molar-refractivity contribution in [1.29, 1.82) is 0 Å². The molecule has 3 aromatic rings. The van der Waals surface area contributed by atoms with E-state index in [4.69, 9.17) is 16.3 Å². The SMILES string of the molecule is O=C(COC(=O)Cn1nnc(-c2ccc(Cl)cc2)n1)Nc1ccc2c(c1)CCC2. The van der Waals surface area contributed by atoms with Crippen LogP contribution in [0.4, 0.5) is 5.69 Å². The molecule has 0 spiro atoms. The van der Waals surface area contributed by atoms with Gasteiger partial charge in [0.15, 0.2) is 13.2 Å². The van der Waals surface area contributed by atoms with Gasteiger partial charge in [-0.25, -0.2) is 4.79 Å². The maximum Gasteiger partial charge on any atom is 0.330 e. The number of rotatable bonds is 6. The molecule has 148 valence electrons. The quantitative estimate of drug-likeness (QED) is 0.626. The molecule has 0 bridgehead atoms. The van der Waals surface area contributed by atoms with E-state index in [1.165, 1.54) is 11.1 Å². The minimum absolute atomic E-state index is 0.243. The molecule has 0 unspecified atom stereocenters. The van der Waals surface area contributed by atoms with E-state index in [-0.39, 0.29) is 13.2 Å². The zero-order valence-corrected chi connectivity index (χ0v) is 16.2. The molecule has 1 amide bonds. The molecule has 0 aliphatic heterocycles. The third-order valence-electron chi connectivity index (χ3n) is 4.57. The topological polar surface area (TPSA) is 99.0 Å². The number of anilines is 1. The summed E-state index contributed by atoms with van der Waals surface area (Å²) in [4.78, 5) is 25.1. The molecule has 29 heavy (non-hydrogen) atoms. The van der Waals surface area contributed by atoms with E-state index in [2.05, 4.69) is 20.7 Å². The summed E-state index contributed by atoms with van der Waals surface area (Å²) >= 11 is 5.85. The van der Waals surface area contributed by atoms with Crippen molar-refractivity contribution in [3.63, 3.8) is 0 Å². The van der Waals surface area contributed by atoms with Gasteiger partial charge in [-0.2, -0.15) is 4.80 Å². The van der Waals surface area contributed by atoms with Gasteiger partial charge in [-0.15, -0.1) is 10.2 Å². The standard InChI is InChI=1S/C20H18ClN5O3/c21-16-7-4-14(5-8-16)20-23-25-26(24-20)11-19(28)29-12-18(27)22-17-9-6-13-2-1-3-15(13)10-17/h4-10H,1-3,11-12H2,(H,22,27). The van der Waals surface area contributed by atoms with Crippen LogP contribution in [0.2, 0.25) is 5.02 Å². The molecule has 1 aliphatic rings. The van der Waals surface area contributed by atoms with Crippen LogP contribution in [0.5, 0.6) is 0 Å². The average molecular weight is 412 g/mol. The number of ether oxygens (including phenoxy) is 1. The van der Waals surface area contributed by atoms with E-state index in [0.717, 1.165) is 29.6 Å². The fourth-order valence-corrected chi connectivity index (χ4v) is 3.30. The number of nitrogens with one attached hydrogen (secondary N) is 1. The zero-order chi connectivity index (χ0) is 20.2. The Hall–Kier alpha value is -3.26. The molecule has 4 rings (SSSR count). The largest absolute Gasteiger partial charge is 0.454 e. The van der Waals surface area contributed by atoms with E-state index in [0.29, 0.717) is 16.5 Å². The Morgan fingerprint density at radius 3 is 2.72 bits per heavy atom. The van der Waals surface area contributed by atoms with Crippen molar-refractivity contribution in [2.24, 2.45) is 0 Å². The lowest BCUT2D eigenvalue weighted by Crippen LogP contribution is -2.23. The Kier molecular flexibility index (Phi) is 5.53. The summed E-state index contributed by atoms with van der Waals surface area (Å²) in [6.07, 6.45) is 3.24. The number of hydrogen-bond donors (Lipinski definition) is 1. The maximum absolute atomic E-state index is 12.0. The Bertz CT molecular complexity index is 1050. The highest BCUT2D eigenvalue weighted by atomic mass is 35.5. The van der Waals surface area contributed by atoms with E-state index in [1.807, 2.05) is 18.2 Å². The molecule has 1 aromatic heterocycles. The zero-order valence-electron chi connectivity index (χ0n) is 15.5. The van der Waals surface area contributed by atoms with Crippen molar-refractivity contribution in [3.05, 3.63) is 58.6 Å². The molecule has 0 fully saturated rings. The van der Waals surface area contributed by atoms with Crippen molar-refractivity contribution in [3.8, 4) is 11.4 Å². The van der Waals surface area contributed by atoms with Gasteiger partial charge in [-0.3, -0.25) is 4.79 Å². The number of nitrogens with zero attached hydrogens (tertiary/aromatic N) is 4. The summed E-state index contributed by atoms with van der Waals surface area (Å²) in [6, 6.07) is 12.8. The van der Waals surface area contributed by atoms with Crippen LogP contribution >= 0.6 is 11.6 Å². The third kappa shape index (κ3) is 4.78. The number of benzene rings is 2. The number of aryl methyl sites for hydroxylation is 2. The van der Waals surface area contributed by atoms with Gasteiger partial charge in [0.2, 0.25) is 5.82 Å². The molecule has 8 nitrogen and oxygen atoms in total. The van der Waals surface area contributed by atoms with Crippen molar-refractivity contribution in [2.75, 3.05) is 11.9 Å². The van der Waals surface area contributed by atoms with Gasteiger partial charge in [-0.1, -0.05) is 17.7 Å². The van der Waals surface area contributed by atoms with Crippen LogP contribution in [0.1, 0.15) is 17.5 Å². The molecule has 9 heteroatoms. The van der Waals surface area contributed by atoms with Crippen molar-refractivity contribution < 1.29 is 14.3 Å². The number of fused-ring (bicyclic) bond motifs is 1. The van der Waals surface area contributed by atoms with E-state index >= 15 is 0 Å². The number of tetrazole rings is 1. The molecular formula is C20H18ClN5O3. The fraction of sp³-hybridized carbons (Fsp3) is 0.250. The van der Waals surface area contributed by atoms with Gasteiger partial charge in [-0.05, 0) is 72.0 Å². The minimum Gasteiger partial charge on any atom is -0.454 e. The van der Waals surface area contributed by atoms with Crippen LogP contribution in [-0.4, -0.2) is 38.7 Å². The highest BCUT2D eigenvalue weighted by Crippen LogP contribution is 2.24. The van der Waals surface area contributed by atoms with Crippen molar-refractivity contribution in [2.45, 2.75) is 25.8 Å². The second kappa shape index (κ2) is 8.40. The maximum atomic E-state index is 12.0. The van der Waals surface area contributed by atoms with E-state index in [1.54, 1.807) is 24.3 Å². The molecule has 1 heterocycles. The fourth-order valence-electron chi connectivity index (χ4n) is 3.18. The number of carbonyl (C=O) groups excluding carboxylic acids is 2. The number of carbonyl (C=O) groups is 2. The molecule has 0 saturated heterocycles. The Morgan fingerprint density at radius 1 is 1.10 bits per heavy atom. The van der Waals surface area contributed by atoms with E-state index in [9.17, 15) is 9.59 Å². The third-order valence-corrected chi connectivity index (χ3v) is 4.82. The van der Waals surface area contributed by atoms with Gasteiger partial charge in [0.05, 0.1) is 0 Å². The van der Waals surface area contributed by atoms with Gasteiger partial charge in [0.25, 0.3) is 5.91 Å². The van der Waals surface area contributed by atoms with Crippen molar-refractivity contribution in [1.82, 2.24) is 20.2 Å². The first-order valence-electron chi connectivity index (χ1n) is 9.18. The van der Waals surface area contributed by atoms with Crippen LogP contribution in [0.25, 0.3) is 11.4 Å². The minimum atomic E-state index is -0.630. The normalized spacial score (nSPS) is 12.4. The predicted molar refractivity (Wildman–Crippen MR) is 106 cm³/mol. The number of hydrogen-bond acceptors (Lipinski definition) is 6. The van der Waals surface area contributed by atoms with Gasteiger partial charge >= 0.3 is 5.97 Å². The van der Waals surface area contributed by atoms with Gasteiger partial charge in [0.1, 0.15) is 0 Å². The average Bonchev–Trinajstić information content (AvgIpc) is 3.36. The van der Waals surface area contributed by atoms with Crippen LogP contribution in [0.15, 0.2) is 42.5 Å². The summed E-state index contributed by atoms with van der Waals surface area (Å²) in [7, 11) is 0. The Balaban J connectivity index is 1.26. The summed E-state index contributed by atoms with van der Waals surface area (Å²) in [6.45, 7) is -0.624. The van der Waals surface area contributed by atoms with Crippen LogP contribution in [0.3, 0.4) is 0 Å². The van der Waals surface area contributed by atoms with Crippen molar-refractivity contribution >= 4 is 29.2 Å². The summed E-state index contributed by atoms with van der Waals surface area (Å²) in [5.41, 5.74) is 4.02. The first-order valence-corrected chi connectivity index (χ1v) is 9.56. The summed E-state index contributed by atoms with van der Waals surface area (Å²) < 4.78 is 5.01. The van der Waals surface area contributed by atoms with Crippen LogP contribution in [-0.2, 0) is 33.7 Å². The number of aromatic nitrogens is 4. The molecular weight excluding hydrogens is 394 g/mol.